The molecule has 0 spiro atoms. The van der Waals surface area contributed by atoms with E-state index in [4.69, 9.17) is 0 Å². The van der Waals surface area contributed by atoms with Gasteiger partial charge in [0.15, 0.2) is 0 Å². The maximum Gasteiger partial charge on any atom is 0.335 e. The van der Waals surface area contributed by atoms with Gasteiger partial charge in [-0.1, -0.05) is 198 Å². The van der Waals surface area contributed by atoms with Gasteiger partial charge in [-0.2, -0.15) is 0 Å². The van der Waals surface area contributed by atoms with E-state index in [1.807, 2.05) is 30.3 Å². The van der Waals surface area contributed by atoms with Gasteiger partial charge in [0.25, 0.3) is 0 Å². The Labute approximate surface area is 350 Å². The first kappa shape index (κ1) is 40.7. The highest BCUT2D eigenvalue weighted by Gasteiger charge is 2.16. The summed E-state index contributed by atoms with van der Waals surface area (Å²) in [4.78, 5) is 11.9. The van der Waals surface area contributed by atoms with Gasteiger partial charge >= 0.3 is 5.97 Å². The van der Waals surface area contributed by atoms with Crippen molar-refractivity contribution in [2.45, 2.75) is 53.4 Å². The van der Waals surface area contributed by atoms with Crippen LogP contribution in [0, 0.1) is 11.8 Å². The van der Waals surface area contributed by atoms with Crippen molar-refractivity contribution in [2.24, 2.45) is 11.8 Å². The molecule has 0 saturated carbocycles. The highest BCUT2D eigenvalue weighted by atomic mass is 16.4. The lowest BCUT2D eigenvalue weighted by molar-refractivity contribution is 0.0696. The fraction of sp³-hybridized carbons (Fsp3) is 0.175. The van der Waals surface area contributed by atoms with Gasteiger partial charge in [0, 0.05) is 0 Å². The van der Waals surface area contributed by atoms with E-state index >= 15 is 0 Å². The van der Waals surface area contributed by atoms with Gasteiger partial charge in [-0.05, 0) is 132 Å². The lowest BCUT2D eigenvalue weighted by Gasteiger charge is -2.15. The SMILES string of the molecule is C=Cc1ccc(-c2ccccc2CC(C)C)cc1Cc1cccc2ccccc12.CC(C)Cc1ccccc1-c1ccc(C(=O)O)c(Cc2cccc3ccccc23)c1. The summed E-state index contributed by atoms with van der Waals surface area (Å²) in [6.07, 6.45) is 5.56. The van der Waals surface area contributed by atoms with Crippen molar-refractivity contribution in [3.05, 3.63) is 221 Å². The Kier molecular flexibility index (Phi) is 13.0. The lowest BCUT2D eigenvalue weighted by Crippen LogP contribution is -2.04. The van der Waals surface area contributed by atoms with E-state index in [1.54, 1.807) is 6.07 Å². The summed E-state index contributed by atoms with van der Waals surface area (Å²) in [5.41, 5.74) is 13.9. The minimum absolute atomic E-state index is 0.369. The third kappa shape index (κ3) is 9.79. The standard InChI is InChI=1S/C29H28.C28H26O2/c1-4-22-16-17-26(29-15-8-6-11-24(29)18-21(2)3)20-27(22)19-25-13-9-12-23-10-5-7-14-28(23)25;1-19(2)16-21-9-4-6-13-26(21)23-14-15-27(28(29)30)24(18-23)17-22-11-7-10-20-8-3-5-12-25(20)22/h4-17,20-21H,1,18-19H2,2-3H3;3-15,18-19H,16-17H2,1-2H3,(H,29,30). The first-order valence-electron chi connectivity index (χ1n) is 20.9. The van der Waals surface area contributed by atoms with Gasteiger partial charge in [0.05, 0.1) is 5.56 Å². The summed E-state index contributed by atoms with van der Waals surface area (Å²) in [6, 6.07) is 59.5. The predicted molar refractivity (Wildman–Crippen MR) is 251 cm³/mol. The fourth-order valence-electron chi connectivity index (χ4n) is 8.38. The molecule has 0 heterocycles. The molecule has 0 saturated heterocycles. The second-order valence-electron chi connectivity index (χ2n) is 16.4. The van der Waals surface area contributed by atoms with Gasteiger partial charge in [-0.3, -0.25) is 0 Å². The summed E-state index contributed by atoms with van der Waals surface area (Å²) in [6.45, 7) is 13.1. The smallest absolute Gasteiger partial charge is 0.335 e. The monoisotopic (exact) mass is 770 g/mol. The van der Waals surface area contributed by atoms with Crippen LogP contribution in [-0.4, -0.2) is 11.1 Å². The van der Waals surface area contributed by atoms with Crippen LogP contribution in [0.25, 0.3) is 49.9 Å². The largest absolute Gasteiger partial charge is 0.478 e. The van der Waals surface area contributed by atoms with Gasteiger partial charge in [-0.15, -0.1) is 0 Å². The molecule has 0 aromatic heterocycles. The van der Waals surface area contributed by atoms with Crippen molar-refractivity contribution in [3.63, 3.8) is 0 Å². The van der Waals surface area contributed by atoms with Gasteiger partial charge in [0.2, 0.25) is 0 Å². The molecule has 2 heteroatoms. The molecule has 0 fully saturated rings. The molecule has 8 aromatic rings. The second-order valence-corrected chi connectivity index (χ2v) is 16.4. The number of hydrogen-bond donors (Lipinski definition) is 1. The molecule has 294 valence electrons. The van der Waals surface area contributed by atoms with Crippen molar-refractivity contribution >= 4 is 33.6 Å². The van der Waals surface area contributed by atoms with Crippen LogP contribution in [-0.2, 0) is 25.7 Å². The van der Waals surface area contributed by atoms with Crippen molar-refractivity contribution in [1.29, 1.82) is 0 Å². The zero-order valence-corrected chi connectivity index (χ0v) is 34.8. The Morgan fingerprint density at radius 2 is 0.915 bits per heavy atom. The minimum Gasteiger partial charge on any atom is -0.478 e. The third-order valence-electron chi connectivity index (χ3n) is 11.1. The van der Waals surface area contributed by atoms with E-state index in [2.05, 4.69) is 174 Å². The quantitative estimate of drug-likeness (QED) is 0.134. The Bertz CT molecular complexity index is 2720. The van der Waals surface area contributed by atoms with Crippen LogP contribution in [0.5, 0.6) is 0 Å². The highest BCUT2D eigenvalue weighted by molar-refractivity contribution is 5.92. The Morgan fingerprint density at radius 3 is 1.42 bits per heavy atom. The molecule has 2 nitrogen and oxygen atoms in total. The van der Waals surface area contributed by atoms with Crippen molar-refractivity contribution in [2.75, 3.05) is 0 Å². The zero-order chi connectivity index (χ0) is 41.3. The first-order valence-corrected chi connectivity index (χ1v) is 20.9. The second kappa shape index (κ2) is 18.8. The molecule has 8 rings (SSSR count). The third-order valence-corrected chi connectivity index (χ3v) is 11.1. The molecule has 0 aliphatic heterocycles. The maximum atomic E-state index is 11.9. The number of carbonyl (C=O) groups is 1. The predicted octanol–water partition coefficient (Wildman–Crippen LogP) is 14.9. The van der Waals surface area contributed by atoms with E-state index in [-0.39, 0.29) is 0 Å². The van der Waals surface area contributed by atoms with Crippen LogP contribution in [0.3, 0.4) is 0 Å². The van der Waals surface area contributed by atoms with Gasteiger partial charge < -0.3 is 5.11 Å². The van der Waals surface area contributed by atoms with Crippen LogP contribution in [0.1, 0.15) is 77.0 Å². The van der Waals surface area contributed by atoms with Crippen molar-refractivity contribution < 1.29 is 9.90 Å². The molecule has 8 aromatic carbocycles. The average molecular weight is 771 g/mol. The molecule has 0 radical (unpaired) electrons. The van der Waals surface area contributed by atoms with E-state index < -0.39 is 5.97 Å². The molecule has 0 aliphatic carbocycles. The molecule has 1 N–H and O–H groups in total. The van der Waals surface area contributed by atoms with Crippen molar-refractivity contribution in [3.8, 4) is 22.3 Å². The van der Waals surface area contributed by atoms with E-state index in [9.17, 15) is 9.90 Å². The molecule has 0 bridgehead atoms. The zero-order valence-electron chi connectivity index (χ0n) is 34.8. The molecule has 0 amide bonds. The number of fused-ring (bicyclic) bond motifs is 2. The molecule has 59 heavy (non-hydrogen) atoms. The number of aromatic carboxylic acids is 1. The highest BCUT2D eigenvalue weighted by Crippen LogP contribution is 2.32. The average Bonchev–Trinajstić information content (AvgIpc) is 3.24. The van der Waals surface area contributed by atoms with E-state index in [0.717, 1.165) is 36.0 Å². The summed E-state index contributed by atoms with van der Waals surface area (Å²) in [5, 5.41) is 14.8. The molecule has 0 atom stereocenters. The summed E-state index contributed by atoms with van der Waals surface area (Å²) >= 11 is 0. The molecular formula is C57H54O2. The molecular weight excluding hydrogens is 717 g/mol. The molecule has 0 unspecified atom stereocenters. The first-order chi connectivity index (χ1) is 28.7. The van der Waals surface area contributed by atoms with Crippen LogP contribution in [0.4, 0.5) is 0 Å². The van der Waals surface area contributed by atoms with E-state index in [1.165, 1.54) is 66.1 Å². The number of carboxylic acid groups (broad SMARTS) is 1. The number of benzene rings is 8. The van der Waals surface area contributed by atoms with Gasteiger partial charge in [-0.25, -0.2) is 4.79 Å². The van der Waals surface area contributed by atoms with Crippen LogP contribution in [0.15, 0.2) is 176 Å². The summed E-state index contributed by atoms with van der Waals surface area (Å²) < 4.78 is 0. The number of carboxylic acids is 1. The Morgan fingerprint density at radius 1 is 0.492 bits per heavy atom. The summed E-state index contributed by atoms with van der Waals surface area (Å²) in [7, 11) is 0. The van der Waals surface area contributed by atoms with Crippen LogP contribution in [0.2, 0.25) is 0 Å². The minimum atomic E-state index is -0.882. The van der Waals surface area contributed by atoms with Gasteiger partial charge in [0.1, 0.15) is 0 Å². The van der Waals surface area contributed by atoms with Crippen molar-refractivity contribution in [1.82, 2.24) is 0 Å². The lowest BCUT2D eigenvalue weighted by atomic mass is 9.89. The number of hydrogen-bond acceptors (Lipinski definition) is 1. The number of rotatable bonds is 12. The maximum absolute atomic E-state index is 11.9. The Hall–Kier alpha value is -6.51. The summed E-state index contributed by atoms with van der Waals surface area (Å²) in [5.74, 6) is 0.311. The Balaban J connectivity index is 0.000000179. The van der Waals surface area contributed by atoms with Crippen LogP contribution >= 0.6 is 0 Å². The van der Waals surface area contributed by atoms with Crippen LogP contribution < -0.4 is 0 Å². The normalized spacial score (nSPS) is 11.2. The molecule has 0 aliphatic rings. The fourth-order valence-corrected chi connectivity index (χ4v) is 8.38. The van der Waals surface area contributed by atoms with E-state index in [0.29, 0.717) is 23.8 Å². The topological polar surface area (TPSA) is 37.3 Å².